The lowest BCUT2D eigenvalue weighted by molar-refractivity contribution is 0.943. The highest BCUT2D eigenvalue weighted by Gasteiger charge is 2.41. The summed E-state index contributed by atoms with van der Waals surface area (Å²) in [6, 6.07) is 22.6. The maximum atomic E-state index is 2.45. The fraction of sp³-hybridized carbons (Fsp3) is 0.143. The normalized spacial score (nSPS) is 22.3. The summed E-state index contributed by atoms with van der Waals surface area (Å²) in [6.07, 6.45) is 12.0. The van der Waals surface area contributed by atoms with Gasteiger partial charge in [0.05, 0.1) is 0 Å². The van der Waals surface area contributed by atoms with Crippen LogP contribution in [0.25, 0.3) is 37.9 Å². The fourth-order valence-corrected chi connectivity index (χ4v) is 5.49. The Balaban J connectivity index is 1.73. The van der Waals surface area contributed by atoms with E-state index in [1.165, 1.54) is 55.4 Å². The van der Waals surface area contributed by atoms with Gasteiger partial charge in [0.2, 0.25) is 0 Å². The molecular weight excluding hydrogens is 336 g/mol. The van der Waals surface area contributed by atoms with E-state index >= 15 is 0 Å². The first-order chi connectivity index (χ1) is 13.9. The zero-order chi connectivity index (χ0) is 18.2. The summed E-state index contributed by atoms with van der Waals surface area (Å²) in [5.74, 6) is 1.52. The van der Waals surface area contributed by atoms with Gasteiger partial charge in [-0.05, 0) is 79.3 Å². The molecule has 2 atom stereocenters. The van der Waals surface area contributed by atoms with Crippen LogP contribution in [0.15, 0.2) is 90.5 Å². The van der Waals surface area contributed by atoms with Crippen LogP contribution in [0, 0.1) is 11.8 Å². The molecule has 1 saturated carbocycles. The second-order valence-corrected chi connectivity index (χ2v) is 8.49. The van der Waals surface area contributed by atoms with Crippen LogP contribution in [0.4, 0.5) is 0 Å². The Hall–Kier alpha value is -3.12. The quantitative estimate of drug-likeness (QED) is 0.292. The van der Waals surface area contributed by atoms with Crippen molar-refractivity contribution in [3.05, 3.63) is 102 Å². The number of rotatable bonds is 0. The lowest BCUT2D eigenvalue weighted by atomic mass is 9.84. The van der Waals surface area contributed by atoms with E-state index in [9.17, 15) is 0 Å². The van der Waals surface area contributed by atoms with E-state index in [-0.39, 0.29) is 0 Å². The zero-order valence-corrected chi connectivity index (χ0v) is 15.7. The Morgan fingerprint density at radius 2 is 1.50 bits per heavy atom. The molecule has 3 aliphatic carbocycles. The van der Waals surface area contributed by atoms with Crippen LogP contribution in [0.3, 0.4) is 0 Å². The topological polar surface area (TPSA) is 0 Å². The van der Waals surface area contributed by atoms with E-state index in [1.807, 2.05) is 0 Å². The number of allylic oxidation sites excluding steroid dienone is 6. The van der Waals surface area contributed by atoms with Gasteiger partial charge < -0.3 is 0 Å². The van der Waals surface area contributed by atoms with Crippen molar-refractivity contribution in [1.29, 1.82) is 0 Å². The van der Waals surface area contributed by atoms with Crippen LogP contribution in [0.1, 0.15) is 17.5 Å². The maximum absolute atomic E-state index is 2.45. The first kappa shape index (κ1) is 14.9. The lowest BCUT2D eigenvalue weighted by Crippen LogP contribution is -1.99. The van der Waals surface area contributed by atoms with E-state index in [0.717, 1.165) is 18.3 Å². The highest BCUT2D eigenvalue weighted by molar-refractivity contribution is 6.23. The van der Waals surface area contributed by atoms with Crippen molar-refractivity contribution >= 4 is 37.9 Å². The Labute approximate surface area is 164 Å². The molecule has 0 heteroatoms. The van der Waals surface area contributed by atoms with Gasteiger partial charge in [-0.15, -0.1) is 0 Å². The lowest BCUT2D eigenvalue weighted by Gasteiger charge is -2.19. The van der Waals surface area contributed by atoms with Crippen LogP contribution >= 0.6 is 0 Å². The maximum Gasteiger partial charge on any atom is -0.00176 e. The third-order valence-corrected chi connectivity index (χ3v) is 6.94. The van der Waals surface area contributed by atoms with Crippen LogP contribution in [-0.4, -0.2) is 0 Å². The molecule has 0 aliphatic heterocycles. The van der Waals surface area contributed by atoms with Gasteiger partial charge in [0.1, 0.15) is 0 Å². The molecule has 0 saturated heterocycles. The standard InChI is InChI=1S/C28H20/c1-2-6-22-17(4-1)8-9-19-11-13-20-12-10-18-5-3-7-23-24(15-14-21-16-25(21)23)27(18)28(20)26(19)22/h1-4,6-15,21,25H,5,16H2. The zero-order valence-electron chi connectivity index (χ0n) is 15.7. The van der Waals surface area contributed by atoms with Gasteiger partial charge in [-0.1, -0.05) is 85.0 Å². The van der Waals surface area contributed by atoms with Crippen molar-refractivity contribution in [1.82, 2.24) is 0 Å². The Kier molecular flexibility index (Phi) is 2.78. The predicted molar refractivity (Wildman–Crippen MR) is 119 cm³/mol. The van der Waals surface area contributed by atoms with Crippen molar-refractivity contribution in [2.24, 2.45) is 11.8 Å². The van der Waals surface area contributed by atoms with E-state index < -0.39 is 0 Å². The Bertz CT molecular complexity index is 1410. The van der Waals surface area contributed by atoms with E-state index in [0.29, 0.717) is 0 Å². The van der Waals surface area contributed by atoms with Gasteiger partial charge >= 0.3 is 0 Å². The summed E-state index contributed by atoms with van der Waals surface area (Å²) < 4.78 is 0. The third kappa shape index (κ3) is 1.90. The number of hydrogen-bond acceptors (Lipinski definition) is 0. The summed E-state index contributed by atoms with van der Waals surface area (Å²) in [4.78, 5) is 0. The van der Waals surface area contributed by atoms with Crippen LogP contribution in [0.2, 0.25) is 0 Å². The minimum atomic E-state index is 0.740. The molecule has 0 heterocycles. The van der Waals surface area contributed by atoms with Crippen molar-refractivity contribution in [2.75, 3.05) is 0 Å². The molecule has 3 aliphatic rings. The highest BCUT2D eigenvalue weighted by atomic mass is 14.4. The molecule has 4 aromatic rings. The van der Waals surface area contributed by atoms with Gasteiger partial charge in [0, 0.05) is 0 Å². The Morgan fingerprint density at radius 3 is 2.43 bits per heavy atom. The number of fused-ring (bicyclic) bond motifs is 10. The minimum absolute atomic E-state index is 0.740. The molecule has 1 fully saturated rings. The molecule has 132 valence electrons. The molecule has 0 bridgehead atoms. The summed E-state index contributed by atoms with van der Waals surface area (Å²) in [5.41, 5.74) is 5.96. The first-order valence-electron chi connectivity index (χ1n) is 10.3. The molecule has 2 unspecified atom stereocenters. The van der Waals surface area contributed by atoms with Gasteiger partial charge in [0.25, 0.3) is 0 Å². The van der Waals surface area contributed by atoms with Gasteiger partial charge in [-0.25, -0.2) is 0 Å². The van der Waals surface area contributed by atoms with E-state index in [4.69, 9.17) is 0 Å². The van der Waals surface area contributed by atoms with Crippen molar-refractivity contribution in [3.8, 4) is 0 Å². The second kappa shape index (κ2) is 5.23. The third-order valence-electron chi connectivity index (χ3n) is 6.94. The smallest absolute Gasteiger partial charge is 0.00176 e. The SMILES string of the molecule is C1=CC2=C(C=CC3CC23)c2c(ccc3ccc4ccc5ccccc5c4c23)C1. The van der Waals surface area contributed by atoms with Gasteiger partial charge in [0.15, 0.2) is 0 Å². The molecule has 4 aromatic carbocycles. The monoisotopic (exact) mass is 356 g/mol. The molecule has 0 aromatic heterocycles. The average molecular weight is 356 g/mol. The first-order valence-corrected chi connectivity index (χ1v) is 10.3. The van der Waals surface area contributed by atoms with E-state index in [2.05, 4.69) is 85.0 Å². The summed E-state index contributed by atoms with van der Waals surface area (Å²) in [5, 5.41) is 8.22. The van der Waals surface area contributed by atoms with Crippen molar-refractivity contribution in [2.45, 2.75) is 12.8 Å². The molecule has 0 radical (unpaired) electrons. The molecule has 0 nitrogen and oxygen atoms in total. The second-order valence-electron chi connectivity index (χ2n) is 8.49. The summed E-state index contributed by atoms with van der Waals surface area (Å²) in [7, 11) is 0. The largest absolute Gasteiger partial charge is 0.0802 e. The Morgan fingerprint density at radius 1 is 0.714 bits per heavy atom. The molecule has 7 rings (SSSR count). The van der Waals surface area contributed by atoms with Gasteiger partial charge in [-0.2, -0.15) is 0 Å². The fourth-order valence-electron chi connectivity index (χ4n) is 5.49. The highest BCUT2D eigenvalue weighted by Crippen LogP contribution is 2.53. The number of benzene rings is 4. The van der Waals surface area contributed by atoms with Crippen molar-refractivity contribution in [3.63, 3.8) is 0 Å². The molecule has 0 spiro atoms. The molecule has 0 N–H and O–H groups in total. The van der Waals surface area contributed by atoms with Crippen LogP contribution in [0.5, 0.6) is 0 Å². The minimum Gasteiger partial charge on any atom is -0.0802 e. The van der Waals surface area contributed by atoms with Crippen LogP contribution < -0.4 is 0 Å². The van der Waals surface area contributed by atoms with Crippen LogP contribution in [-0.2, 0) is 6.42 Å². The molecule has 28 heavy (non-hydrogen) atoms. The summed E-state index contributed by atoms with van der Waals surface area (Å²) in [6.45, 7) is 0. The van der Waals surface area contributed by atoms with Crippen molar-refractivity contribution < 1.29 is 0 Å². The molecule has 0 amide bonds. The average Bonchev–Trinajstić information content (AvgIpc) is 3.54. The molecular formula is C28H20. The van der Waals surface area contributed by atoms with E-state index in [1.54, 1.807) is 5.57 Å². The van der Waals surface area contributed by atoms with Gasteiger partial charge in [-0.3, -0.25) is 0 Å². The number of hydrogen-bond donors (Lipinski definition) is 0. The predicted octanol–water partition coefficient (Wildman–Crippen LogP) is 7.22. The summed E-state index contributed by atoms with van der Waals surface area (Å²) >= 11 is 0.